The van der Waals surface area contributed by atoms with Gasteiger partial charge in [-0.2, -0.15) is 0 Å². The second kappa shape index (κ2) is 9.47. The molecule has 0 spiro atoms. The average Bonchev–Trinajstić information content (AvgIpc) is 3.21. The van der Waals surface area contributed by atoms with Gasteiger partial charge < -0.3 is 18.8 Å². The number of ether oxygens (including phenoxy) is 2. The molecule has 1 aromatic heterocycles. The van der Waals surface area contributed by atoms with Crippen LogP contribution in [0.3, 0.4) is 0 Å². The Kier molecular flexibility index (Phi) is 6.77. The van der Waals surface area contributed by atoms with E-state index in [0.29, 0.717) is 41.8 Å². The maximum Gasteiger partial charge on any atom is 0.223 e. The molecule has 3 rings (SSSR count). The van der Waals surface area contributed by atoms with Gasteiger partial charge in [-0.25, -0.2) is 4.98 Å². The van der Waals surface area contributed by atoms with E-state index < -0.39 is 0 Å². The van der Waals surface area contributed by atoms with Crippen molar-refractivity contribution in [3.05, 3.63) is 65.1 Å². The highest BCUT2D eigenvalue weighted by Gasteiger charge is 2.15. The number of carbonyl (C=O) groups excluding carboxylic acids is 1. The summed E-state index contributed by atoms with van der Waals surface area (Å²) >= 11 is 6.06. The summed E-state index contributed by atoms with van der Waals surface area (Å²) in [5.74, 6) is 2.64. The Morgan fingerprint density at radius 3 is 2.59 bits per heavy atom. The summed E-state index contributed by atoms with van der Waals surface area (Å²) < 4.78 is 16.3. The van der Waals surface area contributed by atoms with E-state index in [0.717, 1.165) is 16.9 Å². The molecule has 2 aromatic carbocycles. The number of benzene rings is 2. The van der Waals surface area contributed by atoms with Crippen LogP contribution in [0.15, 0.2) is 53.1 Å². The SMILES string of the molecule is COc1ccc(-c2cnc(CCC(=O)N(C)Cc3cc(Cl)ccc3OC)o2)cc1. The van der Waals surface area contributed by atoms with E-state index >= 15 is 0 Å². The third-order valence-corrected chi connectivity index (χ3v) is 4.79. The molecule has 7 heteroatoms. The van der Waals surface area contributed by atoms with Gasteiger partial charge in [0.05, 0.1) is 20.4 Å². The minimum absolute atomic E-state index is 0.0174. The Hall–Kier alpha value is -2.99. The van der Waals surface area contributed by atoms with Crippen molar-refractivity contribution in [3.8, 4) is 22.8 Å². The molecule has 0 aliphatic carbocycles. The summed E-state index contributed by atoms with van der Waals surface area (Å²) in [7, 11) is 4.97. The van der Waals surface area contributed by atoms with Gasteiger partial charge >= 0.3 is 0 Å². The predicted molar refractivity (Wildman–Crippen MR) is 111 cm³/mol. The number of carbonyl (C=O) groups is 1. The standard InChI is InChI=1S/C22H23ClN2O4/c1-25(14-16-12-17(23)6-9-19(16)28-3)22(26)11-10-21-24-13-20(29-21)15-4-7-18(27-2)8-5-15/h4-9,12-13H,10-11,14H2,1-3H3. The van der Waals surface area contributed by atoms with E-state index in [4.69, 9.17) is 25.5 Å². The number of methoxy groups -OCH3 is 2. The predicted octanol–water partition coefficient (Wildman–Crippen LogP) is 4.60. The lowest BCUT2D eigenvalue weighted by molar-refractivity contribution is -0.130. The lowest BCUT2D eigenvalue weighted by Gasteiger charge is -2.19. The molecule has 0 unspecified atom stereocenters. The molecule has 0 saturated heterocycles. The van der Waals surface area contributed by atoms with E-state index in [9.17, 15) is 4.79 Å². The zero-order valence-corrected chi connectivity index (χ0v) is 17.4. The van der Waals surface area contributed by atoms with Gasteiger partial charge in [0, 0.05) is 42.6 Å². The van der Waals surface area contributed by atoms with Crippen LogP contribution in [0.5, 0.6) is 11.5 Å². The summed E-state index contributed by atoms with van der Waals surface area (Å²) in [6.45, 7) is 0.408. The topological polar surface area (TPSA) is 64.8 Å². The summed E-state index contributed by atoms with van der Waals surface area (Å²) in [6.07, 6.45) is 2.39. The fraction of sp³-hybridized carbons (Fsp3) is 0.273. The normalized spacial score (nSPS) is 10.6. The summed E-state index contributed by atoms with van der Waals surface area (Å²) in [6, 6.07) is 12.9. The maximum absolute atomic E-state index is 12.5. The third kappa shape index (κ3) is 5.29. The van der Waals surface area contributed by atoms with Crippen LogP contribution in [-0.4, -0.2) is 37.1 Å². The number of hydrogen-bond acceptors (Lipinski definition) is 5. The van der Waals surface area contributed by atoms with Crippen LogP contribution >= 0.6 is 11.6 Å². The minimum Gasteiger partial charge on any atom is -0.497 e. The van der Waals surface area contributed by atoms with Crippen LogP contribution in [0, 0.1) is 0 Å². The van der Waals surface area contributed by atoms with Crippen molar-refractivity contribution in [2.24, 2.45) is 0 Å². The van der Waals surface area contributed by atoms with Gasteiger partial charge in [-0.05, 0) is 42.5 Å². The van der Waals surface area contributed by atoms with Gasteiger partial charge in [-0.1, -0.05) is 11.6 Å². The van der Waals surface area contributed by atoms with Crippen molar-refractivity contribution in [3.63, 3.8) is 0 Å². The minimum atomic E-state index is -0.0174. The Labute approximate surface area is 175 Å². The molecule has 29 heavy (non-hydrogen) atoms. The molecular formula is C22H23ClN2O4. The highest BCUT2D eigenvalue weighted by molar-refractivity contribution is 6.30. The molecule has 0 saturated carbocycles. The van der Waals surface area contributed by atoms with Crippen LogP contribution in [0.2, 0.25) is 5.02 Å². The summed E-state index contributed by atoms with van der Waals surface area (Å²) in [5.41, 5.74) is 1.76. The van der Waals surface area contributed by atoms with E-state index in [1.165, 1.54) is 0 Å². The molecule has 0 aliphatic rings. The van der Waals surface area contributed by atoms with Crippen molar-refractivity contribution in [1.82, 2.24) is 9.88 Å². The molecule has 1 amide bonds. The number of amides is 1. The second-order valence-corrected chi connectivity index (χ2v) is 6.99. The number of aryl methyl sites for hydroxylation is 1. The van der Waals surface area contributed by atoms with Crippen molar-refractivity contribution in [2.45, 2.75) is 19.4 Å². The first-order valence-electron chi connectivity index (χ1n) is 9.15. The monoisotopic (exact) mass is 414 g/mol. The highest BCUT2D eigenvalue weighted by atomic mass is 35.5. The Bertz CT molecular complexity index is 969. The van der Waals surface area contributed by atoms with E-state index in [1.54, 1.807) is 50.6 Å². The van der Waals surface area contributed by atoms with Gasteiger partial charge in [-0.15, -0.1) is 0 Å². The lowest BCUT2D eigenvalue weighted by atomic mass is 10.2. The molecule has 152 valence electrons. The Balaban J connectivity index is 1.58. The quantitative estimate of drug-likeness (QED) is 0.538. The molecule has 0 atom stereocenters. The molecule has 0 radical (unpaired) electrons. The molecule has 1 heterocycles. The average molecular weight is 415 g/mol. The van der Waals surface area contributed by atoms with Crippen LogP contribution in [0.4, 0.5) is 0 Å². The molecule has 6 nitrogen and oxygen atoms in total. The number of nitrogens with zero attached hydrogens (tertiary/aromatic N) is 2. The first-order chi connectivity index (χ1) is 14.0. The molecule has 0 bridgehead atoms. The number of oxazole rings is 1. The van der Waals surface area contributed by atoms with Gasteiger partial charge in [-0.3, -0.25) is 4.79 Å². The van der Waals surface area contributed by atoms with E-state index in [2.05, 4.69) is 4.98 Å². The zero-order chi connectivity index (χ0) is 20.8. The first-order valence-corrected chi connectivity index (χ1v) is 9.53. The lowest BCUT2D eigenvalue weighted by Crippen LogP contribution is -2.26. The Morgan fingerprint density at radius 1 is 1.14 bits per heavy atom. The van der Waals surface area contributed by atoms with Crippen molar-refractivity contribution < 1.29 is 18.7 Å². The number of hydrogen-bond donors (Lipinski definition) is 0. The molecule has 0 fully saturated rings. The van der Waals surface area contributed by atoms with Crippen LogP contribution < -0.4 is 9.47 Å². The van der Waals surface area contributed by atoms with Crippen LogP contribution in [-0.2, 0) is 17.8 Å². The van der Waals surface area contributed by atoms with Crippen LogP contribution in [0.1, 0.15) is 17.9 Å². The summed E-state index contributed by atoms with van der Waals surface area (Å²) in [5, 5.41) is 0.604. The summed E-state index contributed by atoms with van der Waals surface area (Å²) in [4.78, 5) is 18.4. The largest absolute Gasteiger partial charge is 0.497 e. The van der Waals surface area contributed by atoms with Crippen molar-refractivity contribution in [2.75, 3.05) is 21.3 Å². The third-order valence-electron chi connectivity index (χ3n) is 4.56. The van der Waals surface area contributed by atoms with Crippen molar-refractivity contribution in [1.29, 1.82) is 0 Å². The molecule has 0 N–H and O–H groups in total. The molecule has 0 aliphatic heterocycles. The first kappa shape index (κ1) is 20.7. The fourth-order valence-corrected chi connectivity index (χ4v) is 3.13. The highest BCUT2D eigenvalue weighted by Crippen LogP contribution is 2.25. The smallest absolute Gasteiger partial charge is 0.223 e. The number of halogens is 1. The molecule has 3 aromatic rings. The number of rotatable bonds is 8. The van der Waals surface area contributed by atoms with Crippen molar-refractivity contribution >= 4 is 17.5 Å². The Morgan fingerprint density at radius 2 is 1.90 bits per heavy atom. The van der Waals surface area contributed by atoms with Gasteiger partial charge in [0.25, 0.3) is 0 Å². The van der Waals surface area contributed by atoms with Gasteiger partial charge in [0.2, 0.25) is 5.91 Å². The number of aromatic nitrogens is 1. The fourth-order valence-electron chi connectivity index (χ4n) is 2.93. The van der Waals surface area contributed by atoms with E-state index in [1.807, 2.05) is 24.3 Å². The van der Waals surface area contributed by atoms with Gasteiger partial charge in [0.15, 0.2) is 11.7 Å². The molecular weight excluding hydrogens is 392 g/mol. The zero-order valence-electron chi connectivity index (χ0n) is 16.6. The maximum atomic E-state index is 12.5. The van der Waals surface area contributed by atoms with Gasteiger partial charge in [0.1, 0.15) is 11.5 Å². The van der Waals surface area contributed by atoms with E-state index in [-0.39, 0.29) is 5.91 Å². The van der Waals surface area contributed by atoms with Crippen LogP contribution in [0.25, 0.3) is 11.3 Å². The second-order valence-electron chi connectivity index (χ2n) is 6.55.